The van der Waals surface area contributed by atoms with Crippen LogP contribution in [0.15, 0.2) is 48.8 Å². The first-order chi connectivity index (χ1) is 20.8. The van der Waals surface area contributed by atoms with Gasteiger partial charge in [0.05, 0.1) is 24.3 Å². The predicted molar refractivity (Wildman–Crippen MR) is 149 cm³/mol. The summed E-state index contributed by atoms with van der Waals surface area (Å²) in [6, 6.07) is 7.07. The van der Waals surface area contributed by atoms with Crippen LogP contribution in [0.3, 0.4) is 0 Å². The molecule has 0 aliphatic carbocycles. The number of ether oxygens (including phenoxy) is 1. The van der Waals surface area contributed by atoms with Crippen molar-refractivity contribution in [3.8, 4) is 16.9 Å². The third-order valence-corrected chi connectivity index (χ3v) is 6.95. The predicted octanol–water partition coefficient (Wildman–Crippen LogP) is 5.03. The fraction of sp³-hybridized carbons (Fsp3) is 0.276. The van der Waals surface area contributed by atoms with Crippen LogP contribution in [0.4, 0.5) is 28.9 Å². The summed E-state index contributed by atoms with van der Waals surface area (Å²) in [4.78, 5) is 51.5. The number of fused-ring (bicyclic) bond motifs is 1. The molecule has 0 unspecified atom stereocenters. The molecule has 15 heteroatoms. The number of carbonyl (C=O) groups excluding carboxylic acids is 3. The number of aryl methyl sites for hydroxylation is 1. The van der Waals surface area contributed by atoms with Crippen LogP contribution >= 0.6 is 0 Å². The topological polar surface area (TPSA) is 124 Å². The Kier molecular flexibility index (Phi) is 8.01. The van der Waals surface area contributed by atoms with Crippen molar-refractivity contribution >= 4 is 39.9 Å². The highest BCUT2D eigenvalue weighted by Gasteiger charge is 2.40. The zero-order valence-corrected chi connectivity index (χ0v) is 23.2. The van der Waals surface area contributed by atoms with Gasteiger partial charge in [0.1, 0.15) is 36.0 Å². The summed E-state index contributed by atoms with van der Waals surface area (Å²) in [7, 11) is 0. The SMILES string of the molecule is [C-]#[N+]c1c(NC(=O)[C@@H]2C[C@@H](F)CN2C(=O)Cn2nc(C(C)=O)c3cc(-c4cnc(C)nc4)ccc32)cccc1OC(F)(F)F. The van der Waals surface area contributed by atoms with Crippen LogP contribution in [-0.2, 0) is 16.1 Å². The molecule has 2 aromatic carbocycles. The molecule has 1 N–H and O–H groups in total. The fourth-order valence-corrected chi connectivity index (χ4v) is 4.97. The number of amides is 2. The molecule has 0 saturated carbocycles. The number of rotatable bonds is 7. The van der Waals surface area contributed by atoms with E-state index in [9.17, 15) is 31.9 Å². The highest BCUT2D eigenvalue weighted by atomic mass is 19.4. The molecule has 2 atom stereocenters. The largest absolute Gasteiger partial charge is 0.571 e. The number of anilines is 1. The molecule has 2 amide bonds. The standard InChI is InChI=1S/C29H23F4N7O4/c1-15(41)26-20-9-17(18-11-35-16(2)36-12-18)7-8-22(20)40(38-26)14-25(42)39-13-19(30)10-23(39)28(43)37-21-5-4-6-24(27(21)34-3)44-29(31,32)33/h4-9,11-12,19,23H,10,13-14H2,1-2H3,(H,37,43)/t19-,23+/m1/s1. The minimum Gasteiger partial charge on any atom is -0.417 e. The van der Waals surface area contributed by atoms with Crippen molar-refractivity contribution in [3.05, 3.63) is 71.7 Å². The number of nitrogens with zero attached hydrogens (tertiary/aromatic N) is 6. The Balaban J connectivity index is 1.39. The van der Waals surface area contributed by atoms with Crippen molar-refractivity contribution in [1.82, 2.24) is 24.6 Å². The number of hydrogen-bond acceptors (Lipinski definition) is 7. The van der Waals surface area contributed by atoms with Gasteiger partial charge < -0.3 is 15.0 Å². The highest BCUT2D eigenvalue weighted by molar-refractivity contribution is 6.06. The summed E-state index contributed by atoms with van der Waals surface area (Å²) in [6.45, 7) is 9.51. The molecule has 11 nitrogen and oxygen atoms in total. The first-order valence-electron chi connectivity index (χ1n) is 13.2. The van der Waals surface area contributed by atoms with E-state index in [0.29, 0.717) is 27.9 Å². The van der Waals surface area contributed by atoms with E-state index in [-0.39, 0.29) is 23.6 Å². The molecule has 1 aliphatic heterocycles. The molecule has 5 rings (SSSR count). The molecule has 44 heavy (non-hydrogen) atoms. The summed E-state index contributed by atoms with van der Waals surface area (Å²) in [5, 5.41) is 7.12. The zero-order chi connectivity index (χ0) is 31.8. The van der Waals surface area contributed by atoms with Gasteiger partial charge in [0.15, 0.2) is 5.78 Å². The van der Waals surface area contributed by atoms with E-state index >= 15 is 0 Å². The lowest BCUT2D eigenvalue weighted by Crippen LogP contribution is -2.44. The number of nitrogens with one attached hydrogen (secondary N) is 1. The van der Waals surface area contributed by atoms with E-state index in [2.05, 4.69) is 30.0 Å². The van der Waals surface area contributed by atoms with Crippen molar-refractivity contribution in [3.63, 3.8) is 0 Å². The lowest BCUT2D eigenvalue weighted by Gasteiger charge is -2.24. The number of ketones is 1. The normalized spacial score (nSPS) is 16.5. The third-order valence-electron chi connectivity index (χ3n) is 6.95. The number of hydrogen-bond donors (Lipinski definition) is 1. The molecule has 226 valence electrons. The Morgan fingerprint density at radius 3 is 2.52 bits per heavy atom. The van der Waals surface area contributed by atoms with Gasteiger partial charge in [0, 0.05) is 36.7 Å². The zero-order valence-electron chi connectivity index (χ0n) is 23.2. The molecular weight excluding hydrogens is 586 g/mol. The van der Waals surface area contributed by atoms with Crippen molar-refractivity contribution in [2.75, 3.05) is 11.9 Å². The van der Waals surface area contributed by atoms with Gasteiger partial charge in [-0.15, -0.1) is 13.2 Å². The van der Waals surface area contributed by atoms with Crippen LogP contribution in [0.1, 0.15) is 29.7 Å². The highest BCUT2D eigenvalue weighted by Crippen LogP contribution is 2.39. The monoisotopic (exact) mass is 609 g/mol. The molecule has 3 heterocycles. The fourth-order valence-electron chi connectivity index (χ4n) is 4.97. The lowest BCUT2D eigenvalue weighted by atomic mass is 10.0. The molecule has 0 bridgehead atoms. The van der Waals surface area contributed by atoms with Crippen molar-refractivity contribution in [2.45, 2.75) is 45.4 Å². The van der Waals surface area contributed by atoms with Crippen LogP contribution in [0, 0.1) is 13.5 Å². The quantitative estimate of drug-likeness (QED) is 0.177. The van der Waals surface area contributed by atoms with Gasteiger partial charge in [-0.1, -0.05) is 12.1 Å². The second-order valence-electron chi connectivity index (χ2n) is 10.0. The molecule has 1 saturated heterocycles. The van der Waals surface area contributed by atoms with E-state index < -0.39 is 54.9 Å². The molecule has 4 aromatic rings. The molecule has 1 fully saturated rings. The summed E-state index contributed by atoms with van der Waals surface area (Å²) in [6.07, 6.45) is -3.73. The van der Waals surface area contributed by atoms with E-state index in [1.807, 2.05) is 0 Å². The molecule has 1 aliphatic rings. The van der Waals surface area contributed by atoms with Crippen molar-refractivity contribution < 1.29 is 36.7 Å². The van der Waals surface area contributed by atoms with Crippen molar-refractivity contribution in [2.24, 2.45) is 0 Å². The molecule has 0 radical (unpaired) electrons. The van der Waals surface area contributed by atoms with Gasteiger partial charge in [-0.2, -0.15) is 5.10 Å². The maximum absolute atomic E-state index is 14.6. The van der Waals surface area contributed by atoms with E-state index in [1.54, 1.807) is 37.5 Å². The van der Waals surface area contributed by atoms with Gasteiger partial charge in [0.25, 0.3) is 5.69 Å². The Morgan fingerprint density at radius 2 is 1.86 bits per heavy atom. The van der Waals surface area contributed by atoms with E-state index in [0.717, 1.165) is 17.0 Å². The number of Topliss-reactive ketones (excluding diaryl/α,β-unsaturated/α-hetero) is 1. The van der Waals surface area contributed by atoms with E-state index in [1.165, 1.54) is 17.7 Å². The van der Waals surface area contributed by atoms with Crippen molar-refractivity contribution in [1.29, 1.82) is 0 Å². The number of likely N-dealkylation sites (tertiary alicyclic amines) is 1. The first-order valence-corrected chi connectivity index (χ1v) is 13.2. The van der Waals surface area contributed by atoms with Gasteiger partial charge in [-0.3, -0.25) is 19.1 Å². The lowest BCUT2D eigenvalue weighted by molar-refractivity contribution is -0.274. The average Bonchev–Trinajstić information content (AvgIpc) is 3.53. The molecule has 0 spiro atoms. The first kappa shape index (κ1) is 30.1. The number of alkyl halides is 4. The van der Waals surface area contributed by atoms with Crippen LogP contribution < -0.4 is 10.1 Å². The average molecular weight is 610 g/mol. The molecular formula is C29H23F4N7O4. The summed E-state index contributed by atoms with van der Waals surface area (Å²) in [5.74, 6) is -2.16. The van der Waals surface area contributed by atoms with Gasteiger partial charge in [-0.05, 0) is 36.8 Å². The van der Waals surface area contributed by atoms with Gasteiger partial charge in [0.2, 0.25) is 11.8 Å². The summed E-state index contributed by atoms with van der Waals surface area (Å²) >= 11 is 0. The van der Waals surface area contributed by atoms with Gasteiger partial charge >= 0.3 is 6.36 Å². The third kappa shape index (κ3) is 6.19. The molecule has 2 aromatic heterocycles. The maximum atomic E-state index is 14.6. The number of carbonyl (C=O) groups is 3. The van der Waals surface area contributed by atoms with Crippen LogP contribution in [0.2, 0.25) is 0 Å². The minimum absolute atomic E-state index is 0.106. The number of aromatic nitrogens is 4. The Labute approximate surface area is 247 Å². The summed E-state index contributed by atoms with van der Waals surface area (Å²) in [5.41, 5.74) is 1.07. The van der Waals surface area contributed by atoms with Crippen LogP contribution in [0.25, 0.3) is 26.9 Å². The van der Waals surface area contributed by atoms with Gasteiger partial charge in [-0.25, -0.2) is 19.2 Å². The minimum atomic E-state index is -5.08. The second kappa shape index (κ2) is 11.7. The Bertz CT molecular complexity index is 1820. The summed E-state index contributed by atoms with van der Waals surface area (Å²) < 4.78 is 58.1. The maximum Gasteiger partial charge on any atom is 0.571 e. The van der Waals surface area contributed by atoms with Crippen LogP contribution in [0.5, 0.6) is 5.75 Å². The second-order valence-corrected chi connectivity index (χ2v) is 10.0. The Morgan fingerprint density at radius 1 is 1.14 bits per heavy atom. The Hall–Kier alpha value is -5.39. The number of halogens is 4. The number of benzene rings is 2. The van der Waals surface area contributed by atoms with Crippen LogP contribution in [-0.4, -0.2) is 67.4 Å². The number of para-hydroxylation sites is 1. The van der Waals surface area contributed by atoms with E-state index in [4.69, 9.17) is 6.57 Å². The smallest absolute Gasteiger partial charge is 0.417 e.